The first-order chi connectivity index (χ1) is 16.9. The highest BCUT2D eigenvalue weighted by Crippen LogP contribution is 2.31. The maximum atomic E-state index is 11.2. The van der Waals surface area contributed by atoms with Gasteiger partial charge in [-0.05, 0) is 61.4 Å². The Morgan fingerprint density at radius 3 is 2.57 bits per heavy atom. The molecule has 0 atom stereocenters. The number of carboxylic acids is 1. The van der Waals surface area contributed by atoms with Crippen molar-refractivity contribution >= 4 is 33.6 Å². The van der Waals surface area contributed by atoms with E-state index in [0.717, 1.165) is 38.6 Å². The zero-order valence-electron chi connectivity index (χ0n) is 19.6. The number of fused-ring (bicyclic) bond motifs is 2. The van der Waals surface area contributed by atoms with Crippen molar-refractivity contribution in [2.24, 2.45) is 0 Å². The van der Waals surface area contributed by atoms with Crippen LogP contribution < -0.4 is 10.5 Å². The molecule has 7 heteroatoms. The second-order valence-corrected chi connectivity index (χ2v) is 8.83. The lowest BCUT2D eigenvalue weighted by Gasteiger charge is -2.09. The SMILES string of the molecule is CC(C)n1nc(COc2ccccc2CC(=O)O)c2cc(-c3ccc4ccc(N)nc4c3)ccc21. The Balaban J connectivity index is 1.53. The monoisotopic (exact) mass is 466 g/mol. The zero-order valence-corrected chi connectivity index (χ0v) is 19.6. The third-order valence-corrected chi connectivity index (χ3v) is 6.00. The Labute approximate surface area is 202 Å². The van der Waals surface area contributed by atoms with Crippen LogP contribution in [0.4, 0.5) is 5.82 Å². The van der Waals surface area contributed by atoms with E-state index in [9.17, 15) is 9.90 Å². The van der Waals surface area contributed by atoms with E-state index in [0.29, 0.717) is 17.1 Å². The fraction of sp³-hybridized carbons (Fsp3) is 0.179. The molecule has 0 unspecified atom stereocenters. The standard InChI is InChI=1S/C28H26N4O3/c1-17(2)32-25-11-9-19(20-8-7-18-10-12-27(29)30-23(18)14-20)13-22(25)24(31-32)16-35-26-6-4-3-5-21(26)15-28(33)34/h3-14,17H,15-16H2,1-2H3,(H2,29,30)(H,33,34). The predicted octanol–water partition coefficient (Wildman–Crippen LogP) is 5.62. The number of para-hydroxylation sites is 1. The Bertz CT molecular complexity index is 1560. The van der Waals surface area contributed by atoms with Gasteiger partial charge < -0.3 is 15.6 Å². The number of nitrogens with two attached hydrogens (primary N) is 1. The number of anilines is 1. The molecule has 0 saturated carbocycles. The maximum absolute atomic E-state index is 11.2. The lowest BCUT2D eigenvalue weighted by atomic mass is 10.0. The molecule has 0 aliphatic carbocycles. The highest BCUT2D eigenvalue weighted by Gasteiger charge is 2.16. The molecule has 3 N–H and O–H groups in total. The van der Waals surface area contributed by atoms with Crippen LogP contribution in [0.5, 0.6) is 5.75 Å². The molecule has 0 aliphatic heterocycles. The summed E-state index contributed by atoms with van der Waals surface area (Å²) in [4.78, 5) is 15.7. The summed E-state index contributed by atoms with van der Waals surface area (Å²) in [5.41, 5.74) is 11.3. The van der Waals surface area contributed by atoms with E-state index >= 15 is 0 Å². The molecule has 35 heavy (non-hydrogen) atoms. The summed E-state index contributed by atoms with van der Waals surface area (Å²) >= 11 is 0. The maximum Gasteiger partial charge on any atom is 0.307 e. The quantitative estimate of drug-likeness (QED) is 0.323. The molecule has 176 valence electrons. The zero-order chi connectivity index (χ0) is 24.5. The van der Waals surface area contributed by atoms with Crippen molar-refractivity contribution in [1.29, 1.82) is 0 Å². The summed E-state index contributed by atoms with van der Waals surface area (Å²) in [6.07, 6.45) is -0.0952. The number of carboxylic acid groups (broad SMARTS) is 1. The van der Waals surface area contributed by atoms with E-state index in [-0.39, 0.29) is 19.1 Å². The fourth-order valence-corrected chi connectivity index (χ4v) is 4.30. The van der Waals surface area contributed by atoms with Crippen LogP contribution in [0.1, 0.15) is 31.1 Å². The van der Waals surface area contributed by atoms with Crippen LogP contribution in [0.15, 0.2) is 72.8 Å². The van der Waals surface area contributed by atoms with Gasteiger partial charge in [-0.15, -0.1) is 0 Å². The van der Waals surface area contributed by atoms with Crippen molar-refractivity contribution in [2.75, 3.05) is 5.73 Å². The molecule has 0 aliphatic rings. The first kappa shape index (κ1) is 22.4. The molecule has 0 spiro atoms. The third-order valence-electron chi connectivity index (χ3n) is 6.00. The minimum Gasteiger partial charge on any atom is -0.487 e. The number of aliphatic carboxylic acids is 1. The van der Waals surface area contributed by atoms with Crippen molar-refractivity contribution in [1.82, 2.24) is 14.8 Å². The van der Waals surface area contributed by atoms with Crippen molar-refractivity contribution in [2.45, 2.75) is 32.9 Å². The second-order valence-electron chi connectivity index (χ2n) is 8.83. The van der Waals surface area contributed by atoms with Gasteiger partial charge in [-0.2, -0.15) is 5.10 Å². The summed E-state index contributed by atoms with van der Waals surface area (Å²) in [7, 11) is 0. The van der Waals surface area contributed by atoms with E-state index in [2.05, 4.69) is 43.1 Å². The van der Waals surface area contributed by atoms with Gasteiger partial charge in [-0.3, -0.25) is 9.48 Å². The lowest BCUT2D eigenvalue weighted by molar-refractivity contribution is -0.136. The number of benzene rings is 3. The molecular weight excluding hydrogens is 440 g/mol. The number of aromatic nitrogens is 3. The Morgan fingerprint density at radius 1 is 1.03 bits per heavy atom. The third kappa shape index (κ3) is 4.53. The van der Waals surface area contributed by atoms with Crippen LogP contribution in [0, 0.1) is 0 Å². The van der Waals surface area contributed by atoms with Crippen LogP contribution in [0.3, 0.4) is 0 Å². The normalized spacial score (nSPS) is 11.4. The fourth-order valence-electron chi connectivity index (χ4n) is 4.30. The van der Waals surface area contributed by atoms with E-state index in [1.54, 1.807) is 18.2 Å². The number of hydrogen-bond acceptors (Lipinski definition) is 5. The number of rotatable bonds is 7. The molecule has 5 rings (SSSR count). The first-order valence-corrected chi connectivity index (χ1v) is 11.5. The van der Waals surface area contributed by atoms with Crippen molar-refractivity contribution in [3.05, 3.63) is 84.1 Å². The topological polar surface area (TPSA) is 103 Å². The molecule has 7 nitrogen and oxygen atoms in total. The first-order valence-electron chi connectivity index (χ1n) is 11.5. The molecule has 0 amide bonds. The minimum atomic E-state index is -0.896. The average molecular weight is 467 g/mol. The minimum absolute atomic E-state index is 0.0952. The van der Waals surface area contributed by atoms with Gasteiger partial charge in [0.1, 0.15) is 23.9 Å². The van der Waals surface area contributed by atoms with Gasteiger partial charge in [0.15, 0.2) is 0 Å². The summed E-state index contributed by atoms with van der Waals surface area (Å²) in [5.74, 6) is 0.147. The Hall–Kier alpha value is -4.39. The van der Waals surface area contributed by atoms with Crippen molar-refractivity contribution in [3.8, 4) is 16.9 Å². The largest absolute Gasteiger partial charge is 0.487 e. The van der Waals surface area contributed by atoms with Gasteiger partial charge in [-0.25, -0.2) is 4.98 Å². The molecule has 5 aromatic rings. The molecule has 2 aromatic heterocycles. The average Bonchev–Trinajstić information content (AvgIpc) is 3.21. The van der Waals surface area contributed by atoms with Crippen LogP contribution in [0.25, 0.3) is 32.9 Å². The number of carbonyl (C=O) groups is 1. The number of ether oxygens (including phenoxy) is 1. The van der Waals surface area contributed by atoms with Gasteiger partial charge in [0.2, 0.25) is 0 Å². The summed E-state index contributed by atoms with van der Waals surface area (Å²) in [5, 5.41) is 16.1. The van der Waals surface area contributed by atoms with Crippen LogP contribution in [-0.4, -0.2) is 25.8 Å². The van der Waals surface area contributed by atoms with Crippen molar-refractivity contribution in [3.63, 3.8) is 0 Å². The van der Waals surface area contributed by atoms with Gasteiger partial charge in [0.05, 0.1) is 17.5 Å². The second kappa shape index (κ2) is 9.10. The summed E-state index contributed by atoms with van der Waals surface area (Å²) < 4.78 is 8.07. The Morgan fingerprint density at radius 2 is 1.77 bits per heavy atom. The van der Waals surface area contributed by atoms with E-state index in [1.165, 1.54) is 0 Å². The molecular formula is C28H26N4O3. The van der Waals surface area contributed by atoms with Crippen molar-refractivity contribution < 1.29 is 14.6 Å². The highest BCUT2D eigenvalue weighted by atomic mass is 16.5. The van der Waals surface area contributed by atoms with Crippen LogP contribution in [-0.2, 0) is 17.8 Å². The molecule has 0 radical (unpaired) electrons. The summed E-state index contributed by atoms with van der Waals surface area (Å²) in [6, 6.07) is 23.6. The van der Waals surface area contributed by atoms with Crippen LogP contribution >= 0.6 is 0 Å². The lowest BCUT2D eigenvalue weighted by Crippen LogP contribution is -2.06. The van der Waals surface area contributed by atoms with Gasteiger partial charge in [-0.1, -0.05) is 36.4 Å². The molecule has 0 bridgehead atoms. The number of nitrogens with zero attached hydrogens (tertiary/aromatic N) is 3. The number of pyridine rings is 1. The highest BCUT2D eigenvalue weighted by molar-refractivity contribution is 5.90. The molecule has 0 fully saturated rings. The smallest absolute Gasteiger partial charge is 0.307 e. The van der Waals surface area contributed by atoms with E-state index < -0.39 is 5.97 Å². The molecule has 0 saturated heterocycles. The Kier molecular flexibility index (Phi) is 5.82. The molecule has 3 aromatic carbocycles. The van der Waals surface area contributed by atoms with E-state index in [1.807, 2.05) is 35.0 Å². The molecule has 2 heterocycles. The van der Waals surface area contributed by atoms with Gasteiger partial charge >= 0.3 is 5.97 Å². The van der Waals surface area contributed by atoms with Gasteiger partial charge in [0.25, 0.3) is 0 Å². The van der Waals surface area contributed by atoms with E-state index in [4.69, 9.17) is 15.6 Å². The van der Waals surface area contributed by atoms with Crippen LogP contribution in [0.2, 0.25) is 0 Å². The number of hydrogen-bond donors (Lipinski definition) is 2. The predicted molar refractivity (Wildman–Crippen MR) is 137 cm³/mol. The summed E-state index contributed by atoms with van der Waals surface area (Å²) in [6.45, 7) is 4.41. The number of nitrogen functional groups attached to an aromatic ring is 1. The van der Waals surface area contributed by atoms with Gasteiger partial charge in [0, 0.05) is 22.4 Å².